The monoisotopic (exact) mass is 318 g/mol. The summed E-state index contributed by atoms with van der Waals surface area (Å²) in [5.74, 6) is 0. The van der Waals surface area contributed by atoms with Gasteiger partial charge in [-0.1, -0.05) is 98.5 Å². The van der Waals surface area contributed by atoms with E-state index in [1.807, 2.05) is 55.5 Å². The van der Waals surface area contributed by atoms with Gasteiger partial charge >= 0.3 is 0 Å². The van der Waals surface area contributed by atoms with Gasteiger partial charge in [0.05, 0.1) is 0 Å². The Kier molecular flexibility index (Phi) is 6.34. The number of rotatable bonds is 8. The van der Waals surface area contributed by atoms with Crippen molar-refractivity contribution in [3.05, 3.63) is 108 Å². The maximum Gasteiger partial charge on any atom is 0.143 e. The highest BCUT2D eigenvalue weighted by atomic mass is 16.5. The van der Waals surface area contributed by atoms with Crippen LogP contribution in [0.4, 0.5) is 0 Å². The predicted octanol–water partition coefficient (Wildman–Crippen LogP) is 6.05. The molecule has 0 unspecified atom stereocenters. The molecule has 124 valence electrons. The molecule has 0 heterocycles. The molecule has 0 saturated heterocycles. The fraction of sp³-hybridized carbons (Fsp3) is 0.217. The molecule has 0 amide bonds. The summed E-state index contributed by atoms with van der Waals surface area (Å²) in [6.45, 7) is 13.1. The van der Waals surface area contributed by atoms with Gasteiger partial charge in [0, 0.05) is 6.61 Å². The quantitative estimate of drug-likeness (QED) is 0.539. The van der Waals surface area contributed by atoms with Crippen molar-refractivity contribution < 1.29 is 4.74 Å². The van der Waals surface area contributed by atoms with Crippen LogP contribution in [0.5, 0.6) is 0 Å². The summed E-state index contributed by atoms with van der Waals surface area (Å²) in [6.07, 6.45) is 4.94. The molecule has 0 aromatic heterocycles. The molecule has 0 aliphatic rings. The van der Waals surface area contributed by atoms with Gasteiger partial charge in [-0.05, 0) is 30.0 Å². The fourth-order valence-electron chi connectivity index (χ4n) is 2.76. The first-order chi connectivity index (χ1) is 11.6. The summed E-state index contributed by atoms with van der Waals surface area (Å²) >= 11 is 0. The third-order valence-electron chi connectivity index (χ3n) is 3.90. The molecule has 0 bridgehead atoms. The van der Waals surface area contributed by atoms with Crippen molar-refractivity contribution in [1.29, 1.82) is 0 Å². The number of benzene rings is 2. The van der Waals surface area contributed by atoms with Crippen LogP contribution in [0.1, 0.15) is 31.4 Å². The van der Waals surface area contributed by atoms with E-state index in [2.05, 4.69) is 44.3 Å². The van der Waals surface area contributed by atoms with Crippen molar-refractivity contribution in [2.24, 2.45) is 0 Å². The SMILES string of the molecule is C=C(C)/C=C\C(=C)C(OCCC)(c1ccccc1)c1ccccc1. The first-order valence-electron chi connectivity index (χ1n) is 8.39. The van der Waals surface area contributed by atoms with Crippen molar-refractivity contribution in [1.82, 2.24) is 0 Å². The van der Waals surface area contributed by atoms with Crippen LogP contribution >= 0.6 is 0 Å². The molecule has 1 heteroatoms. The van der Waals surface area contributed by atoms with Crippen LogP contribution in [0.15, 0.2) is 97.1 Å². The smallest absolute Gasteiger partial charge is 0.143 e. The maximum absolute atomic E-state index is 6.46. The molecule has 0 aliphatic heterocycles. The normalized spacial score (nSPS) is 11.6. The third kappa shape index (κ3) is 3.93. The van der Waals surface area contributed by atoms with Crippen LogP contribution in [0.3, 0.4) is 0 Å². The van der Waals surface area contributed by atoms with Crippen LogP contribution in [0.25, 0.3) is 0 Å². The van der Waals surface area contributed by atoms with E-state index in [0.29, 0.717) is 6.61 Å². The van der Waals surface area contributed by atoms with E-state index in [1.54, 1.807) is 0 Å². The molecule has 24 heavy (non-hydrogen) atoms. The van der Waals surface area contributed by atoms with Gasteiger partial charge in [-0.2, -0.15) is 0 Å². The summed E-state index contributed by atoms with van der Waals surface area (Å²) in [4.78, 5) is 0. The molecule has 0 fully saturated rings. The van der Waals surface area contributed by atoms with Gasteiger partial charge in [0.25, 0.3) is 0 Å². The molecule has 0 N–H and O–H groups in total. The lowest BCUT2D eigenvalue weighted by Gasteiger charge is -2.36. The number of allylic oxidation sites excluding steroid dienone is 2. The first-order valence-corrected chi connectivity index (χ1v) is 8.39. The van der Waals surface area contributed by atoms with Gasteiger partial charge in [0.1, 0.15) is 5.60 Å². The molecular weight excluding hydrogens is 292 g/mol. The largest absolute Gasteiger partial charge is 0.361 e. The molecule has 0 atom stereocenters. The number of hydrogen-bond acceptors (Lipinski definition) is 1. The topological polar surface area (TPSA) is 9.23 Å². The molecule has 2 aromatic rings. The summed E-state index contributed by atoms with van der Waals surface area (Å²) < 4.78 is 6.46. The van der Waals surface area contributed by atoms with E-state index in [1.165, 1.54) is 0 Å². The highest BCUT2D eigenvalue weighted by Crippen LogP contribution is 2.40. The van der Waals surface area contributed by atoms with E-state index in [-0.39, 0.29) is 0 Å². The average Bonchev–Trinajstić information content (AvgIpc) is 2.62. The Hall–Kier alpha value is -2.38. The third-order valence-corrected chi connectivity index (χ3v) is 3.90. The Labute approximate surface area is 146 Å². The summed E-state index contributed by atoms with van der Waals surface area (Å²) in [7, 11) is 0. The maximum atomic E-state index is 6.46. The Morgan fingerprint density at radius 1 is 0.917 bits per heavy atom. The van der Waals surface area contributed by atoms with Gasteiger partial charge in [0.15, 0.2) is 0 Å². The second kappa shape index (κ2) is 8.47. The predicted molar refractivity (Wildman–Crippen MR) is 103 cm³/mol. The standard InChI is InChI=1S/C23H26O/c1-5-18-24-23(20(4)17-16-19(2)3,21-12-8-6-9-13-21)22-14-10-7-11-15-22/h6-17H,2,4-5,18H2,1,3H3/b17-16-. The molecule has 0 radical (unpaired) electrons. The summed E-state index contributed by atoms with van der Waals surface area (Å²) in [6, 6.07) is 20.6. The Morgan fingerprint density at radius 2 is 1.42 bits per heavy atom. The van der Waals surface area contributed by atoms with E-state index < -0.39 is 5.60 Å². The number of ether oxygens (including phenoxy) is 1. The molecule has 2 rings (SSSR count). The Morgan fingerprint density at radius 3 is 1.83 bits per heavy atom. The van der Waals surface area contributed by atoms with Crippen molar-refractivity contribution >= 4 is 0 Å². The number of hydrogen-bond donors (Lipinski definition) is 0. The van der Waals surface area contributed by atoms with Crippen molar-refractivity contribution in [2.45, 2.75) is 25.9 Å². The van der Waals surface area contributed by atoms with Gasteiger partial charge in [-0.3, -0.25) is 0 Å². The second-order valence-electron chi connectivity index (χ2n) is 5.97. The highest BCUT2D eigenvalue weighted by Gasteiger charge is 2.37. The second-order valence-corrected chi connectivity index (χ2v) is 5.97. The zero-order valence-corrected chi connectivity index (χ0v) is 14.7. The molecule has 0 spiro atoms. The van der Waals surface area contributed by atoms with Crippen LogP contribution in [0, 0.1) is 0 Å². The van der Waals surface area contributed by atoms with Crippen molar-refractivity contribution in [3.63, 3.8) is 0 Å². The van der Waals surface area contributed by atoms with Crippen molar-refractivity contribution in [3.8, 4) is 0 Å². The summed E-state index contributed by atoms with van der Waals surface area (Å²) in [5.41, 5.74) is 3.37. The molecule has 1 nitrogen and oxygen atoms in total. The minimum Gasteiger partial charge on any atom is -0.361 e. The highest BCUT2D eigenvalue weighted by molar-refractivity contribution is 5.49. The zero-order valence-electron chi connectivity index (χ0n) is 14.7. The lowest BCUT2D eigenvalue weighted by molar-refractivity contribution is 0.0130. The fourth-order valence-corrected chi connectivity index (χ4v) is 2.76. The minimum atomic E-state index is -0.690. The van der Waals surface area contributed by atoms with Gasteiger partial charge in [-0.25, -0.2) is 0 Å². The summed E-state index contributed by atoms with van der Waals surface area (Å²) in [5, 5.41) is 0. The minimum absolute atomic E-state index is 0.656. The van der Waals surface area contributed by atoms with E-state index in [9.17, 15) is 0 Å². The van der Waals surface area contributed by atoms with Crippen LogP contribution in [0.2, 0.25) is 0 Å². The van der Waals surface area contributed by atoms with Gasteiger partial charge in [0.2, 0.25) is 0 Å². The lowest BCUT2D eigenvalue weighted by atomic mass is 9.80. The van der Waals surface area contributed by atoms with E-state index in [4.69, 9.17) is 4.74 Å². The van der Waals surface area contributed by atoms with Crippen molar-refractivity contribution in [2.75, 3.05) is 6.61 Å². The van der Waals surface area contributed by atoms with E-state index >= 15 is 0 Å². The van der Waals surface area contributed by atoms with Crippen LogP contribution < -0.4 is 0 Å². The van der Waals surface area contributed by atoms with Gasteiger partial charge < -0.3 is 4.74 Å². The lowest BCUT2D eigenvalue weighted by Crippen LogP contribution is -2.33. The molecule has 2 aromatic carbocycles. The van der Waals surface area contributed by atoms with Gasteiger partial charge in [-0.15, -0.1) is 0 Å². The Bertz CT molecular complexity index is 656. The van der Waals surface area contributed by atoms with Crippen LogP contribution in [-0.4, -0.2) is 6.61 Å². The molecular formula is C23H26O. The van der Waals surface area contributed by atoms with Crippen LogP contribution in [-0.2, 0) is 10.3 Å². The average molecular weight is 318 g/mol. The first kappa shape index (κ1) is 18.0. The van der Waals surface area contributed by atoms with E-state index in [0.717, 1.165) is 28.7 Å². The Balaban J connectivity index is 2.64. The molecule has 0 saturated carbocycles. The zero-order chi connectivity index (χ0) is 17.4. The molecule has 0 aliphatic carbocycles.